The second-order valence-electron chi connectivity index (χ2n) is 5.44. The maximum absolute atomic E-state index is 12.7. The monoisotopic (exact) mass is 302 g/mol. The average molecular weight is 302 g/mol. The highest BCUT2D eigenvalue weighted by Crippen LogP contribution is 2.35. The van der Waals surface area contributed by atoms with E-state index in [1.165, 1.54) is 12.1 Å². The number of alkyl halides is 3. The molecule has 1 fully saturated rings. The lowest BCUT2D eigenvalue weighted by Gasteiger charge is -2.37. The van der Waals surface area contributed by atoms with Crippen LogP contribution < -0.4 is 5.32 Å². The van der Waals surface area contributed by atoms with Gasteiger partial charge >= 0.3 is 12.1 Å². The van der Waals surface area contributed by atoms with Gasteiger partial charge in [-0.1, -0.05) is 25.3 Å². The van der Waals surface area contributed by atoms with Crippen LogP contribution in [0.25, 0.3) is 0 Å². The molecular formula is C14H17F3N2O2. The summed E-state index contributed by atoms with van der Waals surface area (Å²) >= 11 is 0. The highest BCUT2D eigenvalue weighted by atomic mass is 19.4. The van der Waals surface area contributed by atoms with Crippen molar-refractivity contribution in [2.45, 2.75) is 50.2 Å². The van der Waals surface area contributed by atoms with Crippen LogP contribution in [0.1, 0.15) is 44.2 Å². The minimum atomic E-state index is -4.51. The Kier molecular flexibility index (Phi) is 4.39. The number of nitrogens with one attached hydrogen (secondary N) is 1. The number of carboxylic acids is 1. The van der Waals surface area contributed by atoms with Crippen LogP contribution in [-0.4, -0.2) is 21.6 Å². The van der Waals surface area contributed by atoms with E-state index >= 15 is 0 Å². The molecular weight excluding hydrogens is 285 g/mol. The topological polar surface area (TPSA) is 62.2 Å². The minimum Gasteiger partial charge on any atom is -0.481 e. The van der Waals surface area contributed by atoms with Gasteiger partial charge in [0.15, 0.2) is 0 Å². The van der Waals surface area contributed by atoms with Gasteiger partial charge in [-0.25, -0.2) is 4.98 Å². The molecule has 0 radical (unpaired) electrons. The molecule has 1 aliphatic rings. The lowest BCUT2D eigenvalue weighted by molar-refractivity contribution is -0.141. The number of halogens is 3. The van der Waals surface area contributed by atoms with Gasteiger partial charge in [0, 0.05) is 5.54 Å². The summed E-state index contributed by atoms with van der Waals surface area (Å²) in [4.78, 5) is 14.6. The maximum Gasteiger partial charge on any atom is 0.433 e. The zero-order chi connectivity index (χ0) is 15.5. The van der Waals surface area contributed by atoms with E-state index in [4.69, 9.17) is 5.11 Å². The lowest BCUT2D eigenvalue weighted by atomic mass is 9.79. The largest absolute Gasteiger partial charge is 0.481 e. The van der Waals surface area contributed by atoms with Gasteiger partial charge in [0.1, 0.15) is 11.5 Å². The highest BCUT2D eigenvalue weighted by Gasteiger charge is 2.36. The number of carbonyl (C=O) groups is 1. The van der Waals surface area contributed by atoms with Crippen molar-refractivity contribution in [2.24, 2.45) is 0 Å². The maximum atomic E-state index is 12.7. The van der Waals surface area contributed by atoms with Gasteiger partial charge in [0.05, 0.1) is 6.42 Å². The van der Waals surface area contributed by atoms with E-state index in [1.807, 2.05) is 0 Å². The SMILES string of the molecule is O=C(O)CC1(Nc2cccc(C(F)(F)F)n2)CCCCC1. The Morgan fingerprint density at radius 2 is 1.95 bits per heavy atom. The van der Waals surface area contributed by atoms with Crippen molar-refractivity contribution >= 4 is 11.8 Å². The number of anilines is 1. The summed E-state index contributed by atoms with van der Waals surface area (Å²) in [6, 6.07) is 3.61. The first kappa shape index (κ1) is 15.6. The normalized spacial score (nSPS) is 18.2. The number of pyridine rings is 1. The lowest BCUT2D eigenvalue weighted by Crippen LogP contribution is -2.42. The molecule has 0 saturated heterocycles. The molecule has 0 aromatic carbocycles. The predicted molar refractivity (Wildman–Crippen MR) is 70.9 cm³/mol. The molecule has 2 rings (SSSR count). The number of rotatable bonds is 4. The van der Waals surface area contributed by atoms with E-state index in [0.717, 1.165) is 25.3 Å². The van der Waals surface area contributed by atoms with Crippen LogP contribution in [0.15, 0.2) is 18.2 Å². The third-order valence-electron chi connectivity index (χ3n) is 3.73. The summed E-state index contributed by atoms with van der Waals surface area (Å²) in [5.41, 5.74) is -1.69. The van der Waals surface area contributed by atoms with Gasteiger partial charge < -0.3 is 10.4 Å². The first-order valence-corrected chi connectivity index (χ1v) is 6.85. The summed E-state index contributed by atoms with van der Waals surface area (Å²) < 4.78 is 38.0. The molecule has 0 amide bonds. The number of hydrogen-bond acceptors (Lipinski definition) is 3. The van der Waals surface area contributed by atoms with Crippen molar-refractivity contribution in [3.8, 4) is 0 Å². The fourth-order valence-corrected chi connectivity index (χ4v) is 2.80. The molecule has 1 aromatic rings. The van der Waals surface area contributed by atoms with Crippen LogP contribution in [0.5, 0.6) is 0 Å². The predicted octanol–water partition coefficient (Wildman–Crippen LogP) is 3.69. The van der Waals surface area contributed by atoms with Crippen LogP contribution in [0.4, 0.5) is 19.0 Å². The van der Waals surface area contributed by atoms with Crippen molar-refractivity contribution < 1.29 is 23.1 Å². The Morgan fingerprint density at radius 1 is 1.29 bits per heavy atom. The van der Waals surface area contributed by atoms with Gasteiger partial charge in [0.25, 0.3) is 0 Å². The van der Waals surface area contributed by atoms with Crippen LogP contribution >= 0.6 is 0 Å². The fourth-order valence-electron chi connectivity index (χ4n) is 2.80. The number of aromatic nitrogens is 1. The quantitative estimate of drug-likeness (QED) is 0.890. The van der Waals surface area contributed by atoms with E-state index in [0.29, 0.717) is 12.8 Å². The molecule has 0 spiro atoms. The van der Waals surface area contributed by atoms with Gasteiger partial charge in [-0.05, 0) is 25.0 Å². The molecule has 1 aliphatic carbocycles. The Hall–Kier alpha value is -1.79. The molecule has 4 nitrogen and oxygen atoms in total. The molecule has 1 aromatic heterocycles. The second-order valence-corrected chi connectivity index (χ2v) is 5.44. The Bertz CT molecular complexity index is 511. The Labute approximate surface area is 120 Å². The first-order valence-electron chi connectivity index (χ1n) is 6.85. The van der Waals surface area contributed by atoms with Gasteiger partial charge in [-0.3, -0.25) is 4.79 Å². The zero-order valence-electron chi connectivity index (χ0n) is 11.4. The Balaban J connectivity index is 2.22. The highest BCUT2D eigenvalue weighted by molar-refractivity contribution is 5.69. The first-order chi connectivity index (χ1) is 9.81. The van der Waals surface area contributed by atoms with E-state index in [2.05, 4.69) is 10.3 Å². The zero-order valence-corrected chi connectivity index (χ0v) is 11.4. The summed E-state index contributed by atoms with van der Waals surface area (Å²) in [5, 5.41) is 12.0. The van der Waals surface area contributed by atoms with Gasteiger partial charge in [0.2, 0.25) is 0 Å². The van der Waals surface area contributed by atoms with Crippen molar-refractivity contribution in [2.75, 3.05) is 5.32 Å². The van der Waals surface area contributed by atoms with E-state index in [1.54, 1.807) is 0 Å². The molecule has 0 atom stereocenters. The summed E-state index contributed by atoms with van der Waals surface area (Å²) in [5.74, 6) is -0.885. The van der Waals surface area contributed by atoms with Crippen LogP contribution in [0, 0.1) is 0 Å². The molecule has 2 N–H and O–H groups in total. The Morgan fingerprint density at radius 3 is 2.52 bits per heavy atom. The molecule has 116 valence electrons. The molecule has 7 heteroatoms. The summed E-state index contributed by atoms with van der Waals surface area (Å²) in [7, 11) is 0. The molecule has 1 heterocycles. The number of aliphatic carboxylic acids is 1. The van der Waals surface area contributed by atoms with Crippen molar-refractivity contribution in [1.82, 2.24) is 4.98 Å². The van der Waals surface area contributed by atoms with Crippen molar-refractivity contribution in [1.29, 1.82) is 0 Å². The van der Waals surface area contributed by atoms with Crippen molar-refractivity contribution in [3.05, 3.63) is 23.9 Å². The molecule has 0 aliphatic heterocycles. The summed E-state index contributed by atoms with van der Waals surface area (Å²) in [6.07, 6.45) is -0.652. The van der Waals surface area contributed by atoms with Gasteiger partial charge in [-0.2, -0.15) is 13.2 Å². The van der Waals surface area contributed by atoms with E-state index < -0.39 is 23.4 Å². The van der Waals surface area contributed by atoms with Crippen LogP contribution in [0.2, 0.25) is 0 Å². The standard InChI is InChI=1S/C14H17F3N2O2/c15-14(16,17)10-5-4-6-11(18-10)19-13(9-12(20)21)7-2-1-3-8-13/h4-6H,1-3,7-9H2,(H,18,19)(H,20,21). The van der Waals surface area contributed by atoms with E-state index in [-0.39, 0.29) is 12.2 Å². The molecule has 0 unspecified atom stereocenters. The minimum absolute atomic E-state index is 0.0768. The third-order valence-corrected chi connectivity index (χ3v) is 3.73. The fraction of sp³-hybridized carbons (Fsp3) is 0.571. The van der Waals surface area contributed by atoms with Crippen molar-refractivity contribution in [3.63, 3.8) is 0 Å². The smallest absolute Gasteiger partial charge is 0.433 e. The molecule has 1 saturated carbocycles. The molecule has 0 bridgehead atoms. The number of hydrogen-bond donors (Lipinski definition) is 2. The van der Waals surface area contributed by atoms with E-state index in [9.17, 15) is 18.0 Å². The summed E-state index contributed by atoms with van der Waals surface area (Å²) in [6.45, 7) is 0. The third kappa shape index (κ3) is 4.09. The number of carboxylic acid groups (broad SMARTS) is 1. The van der Waals surface area contributed by atoms with Crippen LogP contribution in [-0.2, 0) is 11.0 Å². The van der Waals surface area contributed by atoms with Gasteiger partial charge in [-0.15, -0.1) is 0 Å². The van der Waals surface area contributed by atoms with Crippen LogP contribution in [0.3, 0.4) is 0 Å². The molecule has 21 heavy (non-hydrogen) atoms. The second kappa shape index (κ2) is 5.91. The number of nitrogens with zero attached hydrogens (tertiary/aromatic N) is 1. The average Bonchev–Trinajstić information content (AvgIpc) is 2.38.